The van der Waals surface area contributed by atoms with Crippen molar-refractivity contribution in [2.75, 3.05) is 6.54 Å². The van der Waals surface area contributed by atoms with E-state index in [0.29, 0.717) is 5.82 Å². The fourth-order valence-electron chi connectivity index (χ4n) is 2.35. The Morgan fingerprint density at radius 1 is 1.26 bits per heavy atom. The highest BCUT2D eigenvalue weighted by Gasteiger charge is 2.23. The molecule has 0 spiro atoms. The predicted octanol–water partition coefficient (Wildman–Crippen LogP) is 1.97. The largest absolute Gasteiger partial charge is 0.378 e. The molecule has 1 aliphatic rings. The third-order valence-electron chi connectivity index (χ3n) is 3.43. The second kappa shape index (κ2) is 5.50. The number of aromatic nitrogens is 2. The molecule has 0 radical (unpaired) electrons. The molecule has 5 heteroatoms. The minimum Gasteiger partial charge on any atom is -0.378 e. The van der Waals surface area contributed by atoms with Crippen LogP contribution in [0.3, 0.4) is 0 Å². The van der Waals surface area contributed by atoms with Crippen LogP contribution >= 0.6 is 0 Å². The Balaban J connectivity index is 1.77. The zero-order valence-corrected chi connectivity index (χ0v) is 10.6. The van der Waals surface area contributed by atoms with E-state index in [4.69, 9.17) is 4.52 Å². The van der Waals surface area contributed by atoms with E-state index in [2.05, 4.69) is 15.5 Å². The van der Waals surface area contributed by atoms with Gasteiger partial charge in [0.05, 0.1) is 6.04 Å². The topological polar surface area (TPSA) is 71.2 Å². The number of aliphatic hydroxyl groups is 1. The van der Waals surface area contributed by atoms with E-state index in [1.165, 1.54) is 12.8 Å². The fraction of sp³-hybridized carbons (Fsp3) is 0.429. The first-order valence-electron chi connectivity index (χ1n) is 6.64. The monoisotopic (exact) mass is 259 g/mol. The third-order valence-corrected chi connectivity index (χ3v) is 3.43. The van der Waals surface area contributed by atoms with Gasteiger partial charge in [-0.05, 0) is 24.9 Å². The van der Waals surface area contributed by atoms with Gasteiger partial charge in [-0.1, -0.05) is 41.9 Å². The molecule has 2 N–H and O–H groups in total. The summed E-state index contributed by atoms with van der Waals surface area (Å²) in [4.78, 5) is 4.32. The van der Waals surface area contributed by atoms with Crippen molar-refractivity contribution in [1.82, 2.24) is 15.5 Å². The summed E-state index contributed by atoms with van der Waals surface area (Å²) in [6, 6.07) is 9.48. The zero-order valence-electron chi connectivity index (χ0n) is 10.6. The summed E-state index contributed by atoms with van der Waals surface area (Å²) < 4.78 is 5.18. The van der Waals surface area contributed by atoms with Crippen molar-refractivity contribution in [3.8, 4) is 0 Å². The van der Waals surface area contributed by atoms with Gasteiger partial charge in [-0.3, -0.25) is 0 Å². The van der Waals surface area contributed by atoms with Crippen molar-refractivity contribution in [2.45, 2.75) is 31.4 Å². The summed E-state index contributed by atoms with van der Waals surface area (Å²) in [5, 5.41) is 17.5. The number of rotatable bonds is 3. The Labute approximate surface area is 111 Å². The second-order valence-electron chi connectivity index (χ2n) is 4.81. The summed E-state index contributed by atoms with van der Waals surface area (Å²) in [6.07, 6.45) is 2.52. The molecular formula is C14H17N3O2. The molecule has 2 unspecified atom stereocenters. The van der Waals surface area contributed by atoms with Crippen molar-refractivity contribution in [1.29, 1.82) is 0 Å². The molecule has 1 aromatic heterocycles. The van der Waals surface area contributed by atoms with E-state index in [0.717, 1.165) is 18.5 Å². The Bertz CT molecular complexity index is 520. The normalized spacial score (nSPS) is 21.2. The number of hydrogen-bond acceptors (Lipinski definition) is 5. The van der Waals surface area contributed by atoms with Crippen molar-refractivity contribution < 1.29 is 9.63 Å². The summed E-state index contributed by atoms with van der Waals surface area (Å²) in [5.74, 6) is 0.901. The average Bonchev–Trinajstić information content (AvgIpc) is 2.98. The second-order valence-corrected chi connectivity index (χ2v) is 4.81. The lowest BCUT2D eigenvalue weighted by Crippen LogP contribution is -2.27. The maximum absolute atomic E-state index is 10.2. The molecule has 2 aromatic rings. The lowest BCUT2D eigenvalue weighted by atomic mass is 10.0. The molecule has 3 rings (SSSR count). The van der Waals surface area contributed by atoms with Crippen LogP contribution in [0.15, 0.2) is 34.9 Å². The van der Waals surface area contributed by atoms with Gasteiger partial charge in [0.1, 0.15) is 0 Å². The van der Waals surface area contributed by atoms with E-state index in [1.54, 1.807) is 0 Å². The summed E-state index contributed by atoms with van der Waals surface area (Å²) >= 11 is 0. The van der Waals surface area contributed by atoms with E-state index in [1.807, 2.05) is 30.3 Å². The summed E-state index contributed by atoms with van der Waals surface area (Å²) in [5.41, 5.74) is 0.759. The molecular weight excluding hydrogens is 242 g/mol. The van der Waals surface area contributed by atoms with Gasteiger partial charge in [-0.25, -0.2) is 0 Å². The number of piperidine rings is 1. The van der Waals surface area contributed by atoms with Crippen molar-refractivity contribution in [3.63, 3.8) is 0 Å². The van der Waals surface area contributed by atoms with Crippen LogP contribution in [0.2, 0.25) is 0 Å². The van der Waals surface area contributed by atoms with Gasteiger partial charge < -0.3 is 14.9 Å². The summed E-state index contributed by atoms with van der Waals surface area (Å²) in [6.45, 7) is 0.982. The Kier molecular flexibility index (Phi) is 3.57. The maximum Gasteiger partial charge on any atom is 0.260 e. The number of hydrogen-bond donors (Lipinski definition) is 2. The summed E-state index contributed by atoms with van der Waals surface area (Å²) in [7, 11) is 0. The van der Waals surface area contributed by atoms with Gasteiger partial charge in [-0.2, -0.15) is 4.98 Å². The Morgan fingerprint density at radius 3 is 2.84 bits per heavy atom. The van der Waals surface area contributed by atoms with Crippen LogP contribution in [-0.2, 0) is 0 Å². The van der Waals surface area contributed by atoms with E-state index >= 15 is 0 Å². The number of aliphatic hydroxyl groups excluding tert-OH is 1. The Hall–Kier alpha value is -1.72. The SMILES string of the molecule is OC(c1ccccc1)c1nc(C2CCCCN2)no1. The quantitative estimate of drug-likeness (QED) is 0.881. The number of benzene rings is 1. The first-order chi connectivity index (χ1) is 9.34. The van der Waals surface area contributed by atoms with Crippen molar-refractivity contribution in [2.24, 2.45) is 0 Å². The highest BCUT2D eigenvalue weighted by Crippen LogP contribution is 2.24. The van der Waals surface area contributed by atoms with E-state index < -0.39 is 6.10 Å². The van der Waals surface area contributed by atoms with Crippen LogP contribution < -0.4 is 5.32 Å². The molecule has 1 fully saturated rings. The first-order valence-corrected chi connectivity index (χ1v) is 6.64. The van der Waals surface area contributed by atoms with Crippen molar-refractivity contribution in [3.05, 3.63) is 47.6 Å². The van der Waals surface area contributed by atoms with E-state index in [9.17, 15) is 5.11 Å². The van der Waals surface area contributed by atoms with Crippen LogP contribution in [0.25, 0.3) is 0 Å². The predicted molar refractivity (Wildman–Crippen MR) is 69.4 cm³/mol. The molecule has 0 saturated carbocycles. The van der Waals surface area contributed by atoms with E-state index in [-0.39, 0.29) is 11.9 Å². The van der Waals surface area contributed by atoms with Crippen LogP contribution in [0.5, 0.6) is 0 Å². The minimum atomic E-state index is -0.856. The highest BCUT2D eigenvalue weighted by atomic mass is 16.5. The molecule has 0 bridgehead atoms. The minimum absolute atomic E-state index is 0.147. The van der Waals surface area contributed by atoms with Crippen LogP contribution in [0, 0.1) is 0 Å². The van der Waals surface area contributed by atoms with Crippen LogP contribution in [0.1, 0.15) is 48.7 Å². The zero-order chi connectivity index (χ0) is 13.1. The fourth-order valence-corrected chi connectivity index (χ4v) is 2.35. The lowest BCUT2D eigenvalue weighted by molar-refractivity contribution is 0.170. The molecule has 5 nitrogen and oxygen atoms in total. The third kappa shape index (κ3) is 2.67. The van der Waals surface area contributed by atoms with Crippen LogP contribution in [0.4, 0.5) is 0 Å². The first kappa shape index (κ1) is 12.3. The molecule has 1 aliphatic heterocycles. The molecule has 1 aromatic carbocycles. The van der Waals surface area contributed by atoms with Gasteiger partial charge >= 0.3 is 0 Å². The number of nitrogens with one attached hydrogen (secondary N) is 1. The highest BCUT2D eigenvalue weighted by molar-refractivity contribution is 5.21. The molecule has 2 heterocycles. The molecule has 19 heavy (non-hydrogen) atoms. The molecule has 100 valence electrons. The molecule has 1 saturated heterocycles. The molecule has 0 amide bonds. The molecule has 0 aliphatic carbocycles. The van der Waals surface area contributed by atoms with Crippen molar-refractivity contribution >= 4 is 0 Å². The van der Waals surface area contributed by atoms with Crippen LogP contribution in [-0.4, -0.2) is 21.8 Å². The van der Waals surface area contributed by atoms with Gasteiger partial charge in [-0.15, -0.1) is 0 Å². The standard InChI is InChI=1S/C14H17N3O2/c18-12(10-6-2-1-3-7-10)14-16-13(17-19-14)11-8-4-5-9-15-11/h1-3,6-7,11-12,15,18H,4-5,8-9H2. The number of nitrogens with zero attached hydrogens (tertiary/aromatic N) is 2. The Morgan fingerprint density at radius 2 is 2.11 bits per heavy atom. The average molecular weight is 259 g/mol. The van der Waals surface area contributed by atoms with Gasteiger partial charge in [0.2, 0.25) is 0 Å². The molecule has 2 atom stereocenters. The van der Waals surface area contributed by atoms with Gasteiger partial charge in [0.15, 0.2) is 11.9 Å². The van der Waals surface area contributed by atoms with Gasteiger partial charge in [0.25, 0.3) is 5.89 Å². The lowest BCUT2D eigenvalue weighted by Gasteiger charge is -2.19. The van der Waals surface area contributed by atoms with Gasteiger partial charge in [0, 0.05) is 0 Å². The smallest absolute Gasteiger partial charge is 0.260 e. The maximum atomic E-state index is 10.2.